The van der Waals surface area contributed by atoms with Crippen molar-refractivity contribution < 1.29 is 9.53 Å². The third-order valence-electron chi connectivity index (χ3n) is 3.31. The van der Waals surface area contributed by atoms with E-state index in [1.54, 1.807) is 24.3 Å². The molecule has 0 aromatic heterocycles. The molecule has 0 heterocycles. The lowest BCUT2D eigenvalue weighted by Crippen LogP contribution is -2.11. The molecule has 0 saturated carbocycles. The first-order chi connectivity index (χ1) is 11.2. The van der Waals surface area contributed by atoms with Crippen LogP contribution in [0.5, 0.6) is 11.5 Å². The lowest BCUT2D eigenvalue weighted by Gasteiger charge is -2.08. The zero-order valence-electron chi connectivity index (χ0n) is 12.5. The van der Waals surface area contributed by atoms with E-state index in [0.717, 1.165) is 17.0 Å². The van der Waals surface area contributed by atoms with E-state index >= 15 is 0 Å². The van der Waals surface area contributed by atoms with Crippen LogP contribution in [-0.4, -0.2) is 5.91 Å². The molecule has 1 radical (unpaired) electrons. The highest BCUT2D eigenvalue weighted by Crippen LogP contribution is 2.21. The Morgan fingerprint density at radius 2 is 1.39 bits per heavy atom. The summed E-state index contributed by atoms with van der Waals surface area (Å²) in [6, 6.07) is 23.9. The van der Waals surface area contributed by atoms with Crippen molar-refractivity contribution in [2.24, 2.45) is 0 Å². The van der Waals surface area contributed by atoms with Crippen LogP contribution < -0.4 is 10.1 Å². The number of carbonyl (C=O) groups excluding carboxylic acids is 1. The summed E-state index contributed by atoms with van der Waals surface area (Å²) in [6.07, 6.45) is 0. The van der Waals surface area contributed by atoms with Crippen LogP contribution >= 0.6 is 0 Å². The topological polar surface area (TPSA) is 38.3 Å². The Hall–Kier alpha value is -3.07. The first kappa shape index (κ1) is 14.9. The highest BCUT2D eigenvalue weighted by Gasteiger charge is 2.06. The monoisotopic (exact) mass is 302 g/mol. The minimum atomic E-state index is -0.159. The van der Waals surface area contributed by atoms with Crippen molar-refractivity contribution in [3.8, 4) is 11.5 Å². The van der Waals surface area contributed by atoms with Crippen LogP contribution in [0.4, 0.5) is 5.69 Å². The maximum absolute atomic E-state index is 12.2. The Labute approximate surface area is 135 Å². The van der Waals surface area contributed by atoms with Gasteiger partial charge in [0.1, 0.15) is 11.5 Å². The molecule has 0 aliphatic rings. The van der Waals surface area contributed by atoms with Crippen molar-refractivity contribution in [3.05, 3.63) is 96.9 Å². The molecule has 23 heavy (non-hydrogen) atoms. The van der Waals surface area contributed by atoms with Crippen molar-refractivity contribution in [2.75, 3.05) is 5.32 Å². The zero-order valence-corrected chi connectivity index (χ0v) is 12.5. The van der Waals surface area contributed by atoms with E-state index < -0.39 is 0 Å². The van der Waals surface area contributed by atoms with Gasteiger partial charge in [-0.1, -0.05) is 30.3 Å². The minimum absolute atomic E-state index is 0.159. The molecule has 113 valence electrons. The van der Waals surface area contributed by atoms with Crippen LogP contribution in [0.25, 0.3) is 0 Å². The standard InChI is InChI=1S/C20H16NO2/c1-15-7-11-17(12-8-15)21-20(22)16-9-13-19(14-10-16)23-18-5-3-2-4-6-18/h2-14H,1H2,(H,21,22). The van der Waals surface area contributed by atoms with Gasteiger partial charge in [-0.3, -0.25) is 4.79 Å². The van der Waals surface area contributed by atoms with Gasteiger partial charge in [-0.05, 0) is 61.0 Å². The molecule has 0 aliphatic carbocycles. The number of para-hydroxylation sites is 1. The number of rotatable bonds is 4. The second kappa shape index (κ2) is 6.79. The average molecular weight is 302 g/mol. The van der Waals surface area contributed by atoms with E-state index in [0.29, 0.717) is 11.3 Å². The Bertz CT molecular complexity index is 778. The summed E-state index contributed by atoms with van der Waals surface area (Å²) in [4.78, 5) is 12.2. The van der Waals surface area contributed by atoms with Crippen LogP contribution in [-0.2, 0) is 0 Å². The van der Waals surface area contributed by atoms with Gasteiger partial charge in [-0.15, -0.1) is 0 Å². The number of amides is 1. The maximum Gasteiger partial charge on any atom is 0.255 e. The molecule has 3 aromatic carbocycles. The van der Waals surface area contributed by atoms with Gasteiger partial charge in [0.15, 0.2) is 0 Å². The van der Waals surface area contributed by atoms with Gasteiger partial charge in [0, 0.05) is 11.3 Å². The van der Waals surface area contributed by atoms with E-state index in [1.807, 2.05) is 54.6 Å². The van der Waals surface area contributed by atoms with E-state index in [1.165, 1.54) is 0 Å². The number of anilines is 1. The van der Waals surface area contributed by atoms with E-state index in [-0.39, 0.29) is 5.91 Å². The van der Waals surface area contributed by atoms with Gasteiger partial charge in [-0.25, -0.2) is 0 Å². The molecule has 0 unspecified atom stereocenters. The van der Waals surface area contributed by atoms with Crippen molar-refractivity contribution in [1.29, 1.82) is 0 Å². The Morgan fingerprint density at radius 3 is 2.04 bits per heavy atom. The predicted octanol–water partition coefficient (Wildman–Crippen LogP) is 4.91. The second-order valence-electron chi connectivity index (χ2n) is 5.09. The summed E-state index contributed by atoms with van der Waals surface area (Å²) in [5.74, 6) is 1.29. The summed E-state index contributed by atoms with van der Waals surface area (Å²) in [5.41, 5.74) is 2.22. The largest absolute Gasteiger partial charge is 0.457 e. The van der Waals surface area contributed by atoms with Crippen LogP contribution in [0.3, 0.4) is 0 Å². The summed E-state index contributed by atoms with van der Waals surface area (Å²) in [7, 11) is 0. The summed E-state index contributed by atoms with van der Waals surface area (Å²) in [6.45, 7) is 3.82. The molecule has 0 fully saturated rings. The van der Waals surface area contributed by atoms with Crippen LogP contribution in [0.2, 0.25) is 0 Å². The summed E-state index contributed by atoms with van der Waals surface area (Å²) < 4.78 is 5.71. The number of hydrogen-bond acceptors (Lipinski definition) is 2. The third kappa shape index (κ3) is 3.98. The Kier molecular flexibility index (Phi) is 4.39. The molecule has 0 aliphatic heterocycles. The Morgan fingerprint density at radius 1 is 0.783 bits per heavy atom. The van der Waals surface area contributed by atoms with Crippen molar-refractivity contribution in [1.82, 2.24) is 0 Å². The Balaban J connectivity index is 1.66. The number of hydrogen-bond donors (Lipinski definition) is 1. The zero-order chi connectivity index (χ0) is 16.1. The molecule has 0 bridgehead atoms. The molecule has 0 atom stereocenters. The molecule has 1 amide bonds. The molecule has 3 aromatic rings. The molecule has 3 rings (SSSR count). The number of ether oxygens (including phenoxy) is 1. The lowest BCUT2D eigenvalue weighted by molar-refractivity contribution is 0.102. The maximum atomic E-state index is 12.2. The second-order valence-corrected chi connectivity index (χ2v) is 5.09. The van der Waals surface area contributed by atoms with Crippen molar-refractivity contribution >= 4 is 11.6 Å². The van der Waals surface area contributed by atoms with Gasteiger partial charge >= 0.3 is 0 Å². The average Bonchev–Trinajstić information content (AvgIpc) is 2.58. The lowest BCUT2D eigenvalue weighted by atomic mass is 10.2. The smallest absolute Gasteiger partial charge is 0.255 e. The fraction of sp³-hybridized carbons (Fsp3) is 0. The fourth-order valence-corrected chi connectivity index (χ4v) is 2.09. The van der Waals surface area contributed by atoms with Crippen LogP contribution in [0, 0.1) is 6.92 Å². The molecule has 0 spiro atoms. The highest BCUT2D eigenvalue weighted by molar-refractivity contribution is 6.04. The predicted molar refractivity (Wildman–Crippen MR) is 91.8 cm³/mol. The quantitative estimate of drug-likeness (QED) is 0.743. The van der Waals surface area contributed by atoms with Gasteiger partial charge < -0.3 is 10.1 Å². The first-order valence-electron chi connectivity index (χ1n) is 7.27. The molecular weight excluding hydrogens is 286 g/mol. The third-order valence-corrected chi connectivity index (χ3v) is 3.31. The van der Waals surface area contributed by atoms with Gasteiger partial charge in [-0.2, -0.15) is 0 Å². The van der Waals surface area contributed by atoms with E-state index in [2.05, 4.69) is 12.2 Å². The molecule has 3 heteroatoms. The summed E-state index contributed by atoms with van der Waals surface area (Å²) in [5, 5.41) is 2.85. The van der Waals surface area contributed by atoms with Crippen molar-refractivity contribution in [2.45, 2.75) is 0 Å². The molecule has 3 nitrogen and oxygen atoms in total. The normalized spacial score (nSPS) is 10.1. The van der Waals surface area contributed by atoms with E-state index in [9.17, 15) is 4.79 Å². The minimum Gasteiger partial charge on any atom is -0.457 e. The number of carbonyl (C=O) groups is 1. The summed E-state index contributed by atoms with van der Waals surface area (Å²) >= 11 is 0. The van der Waals surface area contributed by atoms with Gasteiger partial charge in [0.2, 0.25) is 0 Å². The van der Waals surface area contributed by atoms with Crippen molar-refractivity contribution in [3.63, 3.8) is 0 Å². The van der Waals surface area contributed by atoms with Gasteiger partial charge in [0.05, 0.1) is 0 Å². The SMILES string of the molecule is [CH2]c1ccc(NC(=O)c2ccc(Oc3ccccc3)cc2)cc1. The molecular formula is C20H16NO2. The fourth-order valence-electron chi connectivity index (χ4n) is 2.09. The number of nitrogens with one attached hydrogen (secondary N) is 1. The molecule has 1 N–H and O–H groups in total. The number of benzene rings is 3. The molecule has 0 saturated heterocycles. The highest BCUT2D eigenvalue weighted by atomic mass is 16.5. The van der Waals surface area contributed by atoms with Crippen LogP contribution in [0.15, 0.2) is 78.9 Å². The first-order valence-corrected chi connectivity index (χ1v) is 7.27. The van der Waals surface area contributed by atoms with Gasteiger partial charge in [0.25, 0.3) is 5.91 Å². The van der Waals surface area contributed by atoms with Crippen LogP contribution in [0.1, 0.15) is 15.9 Å². The van der Waals surface area contributed by atoms with E-state index in [4.69, 9.17) is 4.74 Å².